The maximum Gasteiger partial charge on any atom is 0.340 e. The molecule has 2 aromatic heterocycles. The monoisotopic (exact) mass is 386 g/mol. The number of ether oxygens (including phenoxy) is 3. The van der Waals surface area contributed by atoms with Gasteiger partial charge in [-0.15, -0.1) is 9.94 Å². The number of methoxy groups -OCH3 is 2. The lowest BCUT2D eigenvalue weighted by molar-refractivity contribution is 0.0694. The van der Waals surface area contributed by atoms with Crippen LogP contribution < -0.4 is 19.0 Å². The van der Waals surface area contributed by atoms with E-state index in [1.165, 1.54) is 37.4 Å². The Morgan fingerprint density at radius 2 is 1.89 bits per heavy atom. The minimum atomic E-state index is -1.18. The van der Waals surface area contributed by atoms with Crippen LogP contribution in [0.4, 0.5) is 0 Å². The highest BCUT2D eigenvalue weighted by Gasteiger charge is 2.21. The summed E-state index contributed by atoms with van der Waals surface area (Å²) < 4.78 is 15.8. The van der Waals surface area contributed by atoms with Crippen LogP contribution in [0.5, 0.6) is 23.5 Å². The van der Waals surface area contributed by atoms with Crippen molar-refractivity contribution in [1.29, 1.82) is 0 Å². The second kappa shape index (κ2) is 8.25. The molecule has 10 nitrogen and oxygen atoms in total. The van der Waals surface area contributed by atoms with Crippen LogP contribution in [0.1, 0.15) is 17.3 Å². The maximum absolute atomic E-state index is 12.0. The number of benzene rings is 1. The Labute approximate surface area is 160 Å². The van der Waals surface area contributed by atoms with E-state index in [4.69, 9.17) is 19.0 Å². The van der Waals surface area contributed by atoms with E-state index in [2.05, 4.69) is 15.1 Å². The van der Waals surface area contributed by atoms with Gasteiger partial charge in [0.1, 0.15) is 17.9 Å². The van der Waals surface area contributed by atoms with Crippen molar-refractivity contribution in [2.45, 2.75) is 6.92 Å². The van der Waals surface area contributed by atoms with Crippen molar-refractivity contribution in [2.75, 3.05) is 20.8 Å². The molecule has 0 amide bonds. The fourth-order valence-electron chi connectivity index (χ4n) is 2.46. The standard InChI is InChI=1S/C18H18N4O6/c1-4-27-22-10-11(9-19-22)12-6-5-7-13(16(12)17(23)24)28-18-20-14(25-2)8-15(21-18)26-3/h5-10H,4H2,1-3H3,(H,23,24). The van der Waals surface area contributed by atoms with E-state index in [1.54, 1.807) is 18.3 Å². The molecule has 0 aliphatic rings. The molecule has 1 aromatic carbocycles. The van der Waals surface area contributed by atoms with Crippen LogP contribution in [-0.2, 0) is 0 Å². The number of carboxylic acid groups (broad SMARTS) is 1. The maximum atomic E-state index is 12.0. The van der Waals surface area contributed by atoms with E-state index in [9.17, 15) is 9.90 Å². The third kappa shape index (κ3) is 3.95. The lowest BCUT2D eigenvalue weighted by atomic mass is 10.0. The summed E-state index contributed by atoms with van der Waals surface area (Å²) in [4.78, 5) is 26.6. The topological polar surface area (TPSA) is 118 Å². The fourth-order valence-corrected chi connectivity index (χ4v) is 2.46. The minimum Gasteiger partial charge on any atom is -0.481 e. The van der Waals surface area contributed by atoms with Gasteiger partial charge in [-0.05, 0) is 13.0 Å². The van der Waals surface area contributed by atoms with Crippen LogP contribution in [-0.4, -0.2) is 51.8 Å². The molecule has 0 aliphatic heterocycles. The van der Waals surface area contributed by atoms with Crippen LogP contribution in [0, 0.1) is 0 Å². The van der Waals surface area contributed by atoms with Gasteiger partial charge < -0.3 is 24.2 Å². The molecule has 0 fully saturated rings. The first-order chi connectivity index (χ1) is 13.5. The Morgan fingerprint density at radius 3 is 2.50 bits per heavy atom. The Hall–Kier alpha value is -3.82. The van der Waals surface area contributed by atoms with Crippen LogP contribution in [0.25, 0.3) is 11.1 Å². The van der Waals surface area contributed by atoms with Crippen molar-refractivity contribution >= 4 is 5.97 Å². The number of aromatic nitrogens is 4. The Balaban J connectivity index is 2.03. The largest absolute Gasteiger partial charge is 0.481 e. The summed E-state index contributed by atoms with van der Waals surface area (Å²) in [5, 5.41) is 13.8. The molecule has 146 valence electrons. The van der Waals surface area contributed by atoms with Gasteiger partial charge in [-0.3, -0.25) is 0 Å². The average Bonchev–Trinajstić information content (AvgIpc) is 3.16. The molecule has 0 atom stereocenters. The predicted molar refractivity (Wildman–Crippen MR) is 97.0 cm³/mol. The van der Waals surface area contributed by atoms with Gasteiger partial charge in [0, 0.05) is 11.1 Å². The molecular formula is C18H18N4O6. The van der Waals surface area contributed by atoms with E-state index in [0.29, 0.717) is 17.7 Å². The van der Waals surface area contributed by atoms with Crippen LogP contribution in [0.2, 0.25) is 0 Å². The fraction of sp³-hybridized carbons (Fsp3) is 0.222. The number of hydrogen-bond donors (Lipinski definition) is 1. The molecule has 1 N–H and O–H groups in total. The van der Waals surface area contributed by atoms with Gasteiger partial charge in [-0.25, -0.2) is 4.79 Å². The molecule has 3 rings (SSSR count). The van der Waals surface area contributed by atoms with E-state index in [-0.39, 0.29) is 29.1 Å². The summed E-state index contributed by atoms with van der Waals surface area (Å²) in [5.41, 5.74) is 0.898. The van der Waals surface area contributed by atoms with Gasteiger partial charge in [-0.2, -0.15) is 9.97 Å². The molecule has 0 bridgehead atoms. The molecule has 2 heterocycles. The zero-order valence-electron chi connectivity index (χ0n) is 15.4. The van der Waals surface area contributed by atoms with Crippen LogP contribution in [0.15, 0.2) is 36.7 Å². The third-order valence-corrected chi connectivity index (χ3v) is 3.65. The van der Waals surface area contributed by atoms with Crippen molar-refractivity contribution in [1.82, 2.24) is 19.9 Å². The van der Waals surface area contributed by atoms with E-state index >= 15 is 0 Å². The number of carbonyl (C=O) groups is 1. The molecule has 10 heteroatoms. The van der Waals surface area contributed by atoms with E-state index < -0.39 is 5.97 Å². The van der Waals surface area contributed by atoms with Crippen molar-refractivity contribution in [3.63, 3.8) is 0 Å². The molecule has 3 aromatic rings. The number of carboxylic acids is 1. The molecule has 0 saturated heterocycles. The van der Waals surface area contributed by atoms with Gasteiger partial charge in [0.15, 0.2) is 0 Å². The summed E-state index contributed by atoms with van der Waals surface area (Å²) in [6, 6.07) is 6.18. The van der Waals surface area contributed by atoms with Gasteiger partial charge in [0.25, 0.3) is 0 Å². The molecule has 0 radical (unpaired) electrons. The zero-order chi connectivity index (χ0) is 20.1. The molecular weight excluding hydrogens is 368 g/mol. The van der Waals surface area contributed by atoms with Gasteiger partial charge in [0.05, 0.1) is 32.7 Å². The summed E-state index contributed by atoms with van der Waals surface area (Å²) in [7, 11) is 2.87. The van der Waals surface area contributed by atoms with Crippen molar-refractivity contribution in [3.05, 3.63) is 42.2 Å². The van der Waals surface area contributed by atoms with Gasteiger partial charge in [0.2, 0.25) is 11.8 Å². The Morgan fingerprint density at radius 1 is 1.18 bits per heavy atom. The highest BCUT2D eigenvalue weighted by Crippen LogP contribution is 2.33. The minimum absolute atomic E-state index is 0.0597. The molecule has 0 unspecified atom stereocenters. The van der Waals surface area contributed by atoms with Crippen LogP contribution >= 0.6 is 0 Å². The number of hydrogen-bond acceptors (Lipinski definition) is 8. The molecule has 28 heavy (non-hydrogen) atoms. The molecule has 0 spiro atoms. The summed E-state index contributed by atoms with van der Waals surface area (Å²) in [5.74, 6) is -0.685. The normalized spacial score (nSPS) is 10.4. The predicted octanol–water partition coefficient (Wildman–Crippen LogP) is 2.30. The lowest BCUT2D eigenvalue weighted by Crippen LogP contribution is -2.10. The average molecular weight is 386 g/mol. The summed E-state index contributed by atoms with van der Waals surface area (Å²) in [6.45, 7) is 2.24. The van der Waals surface area contributed by atoms with Gasteiger partial charge >= 0.3 is 12.0 Å². The smallest absolute Gasteiger partial charge is 0.340 e. The van der Waals surface area contributed by atoms with Crippen molar-refractivity contribution in [3.8, 4) is 34.6 Å². The number of nitrogens with zero attached hydrogens (tertiary/aromatic N) is 4. The van der Waals surface area contributed by atoms with Gasteiger partial charge in [-0.1, -0.05) is 12.1 Å². The van der Waals surface area contributed by atoms with Crippen molar-refractivity contribution < 1.29 is 28.9 Å². The number of aromatic carboxylic acids is 1. The zero-order valence-corrected chi connectivity index (χ0v) is 15.4. The summed E-state index contributed by atoms with van der Waals surface area (Å²) >= 11 is 0. The molecule has 0 aliphatic carbocycles. The highest BCUT2D eigenvalue weighted by atomic mass is 16.7. The Bertz CT molecular complexity index is 966. The first-order valence-corrected chi connectivity index (χ1v) is 8.25. The van der Waals surface area contributed by atoms with Crippen LogP contribution in [0.3, 0.4) is 0 Å². The van der Waals surface area contributed by atoms with E-state index in [0.717, 1.165) is 0 Å². The quantitative estimate of drug-likeness (QED) is 0.622. The SMILES string of the molecule is CCOn1cc(-c2cccc(Oc3nc(OC)cc(OC)n3)c2C(=O)O)cn1. The lowest BCUT2D eigenvalue weighted by Gasteiger charge is -2.12. The second-order valence-electron chi connectivity index (χ2n) is 5.37. The first kappa shape index (κ1) is 19.0. The number of rotatable bonds is 8. The first-order valence-electron chi connectivity index (χ1n) is 8.25. The third-order valence-electron chi connectivity index (χ3n) is 3.65. The summed E-state index contributed by atoms with van der Waals surface area (Å²) in [6.07, 6.45) is 3.09. The molecule has 0 saturated carbocycles. The van der Waals surface area contributed by atoms with E-state index in [1.807, 2.05) is 6.92 Å². The Kier molecular flexibility index (Phi) is 5.58. The van der Waals surface area contributed by atoms with Crippen molar-refractivity contribution in [2.24, 2.45) is 0 Å². The second-order valence-corrected chi connectivity index (χ2v) is 5.37. The highest BCUT2D eigenvalue weighted by molar-refractivity contribution is 5.99.